The summed E-state index contributed by atoms with van der Waals surface area (Å²) in [6.45, 7) is 0. The number of rotatable bonds is 2. The van der Waals surface area contributed by atoms with E-state index >= 15 is 0 Å². The van der Waals surface area contributed by atoms with E-state index in [-0.39, 0.29) is 6.20 Å². The molecule has 0 aliphatic heterocycles. The summed E-state index contributed by atoms with van der Waals surface area (Å²) in [7, 11) is 0. The summed E-state index contributed by atoms with van der Waals surface area (Å²) in [5, 5.41) is 10.4. The van der Waals surface area contributed by atoms with Gasteiger partial charge in [0.1, 0.15) is 0 Å². The van der Waals surface area contributed by atoms with Gasteiger partial charge in [0, 0.05) is 0 Å². The van der Waals surface area contributed by atoms with Crippen LogP contribution in [0.2, 0.25) is 0 Å². The van der Waals surface area contributed by atoms with Crippen LogP contribution in [0, 0.1) is 10.1 Å². The van der Waals surface area contributed by atoms with E-state index in [2.05, 4.69) is 4.74 Å². The first kappa shape index (κ1) is 14.8. The molecule has 0 saturated heterocycles. The number of hydrogen-bond acceptors (Lipinski definition) is 4. The van der Waals surface area contributed by atoms with Gasteiger partial charge in [0.05, 0.1) is 11.1 Å². The molecule has 1 aromatic rings. The molecule has 0 aliphatic rings. The van der Waals surface area contributed by atoms with E-state index in [9.17, 15) is 41.3 Å². The molecule has 0 amide bonds. The van der Waals surface area contributed by atoms with Gasteiger partial charge in [0.25, 0.3) is 5.56 Å². The molecular formula is C7H2F6N2O4. The SMILES string of the molecule is O=c1[nH]cc(OC(F)(F)F)c([N+](=O)[O-])c1C(F)(F)F. The van der Waals surface area contributed by atoms with Crippen molar-refractivity contribution >= 4 is 5.69 Å². The Kier molecular flexibility index (Phi) is 3.45. The second kappa shape index (κ2) is 4.44. The number of ether oxygens (including phenoxy) is 1. The van der Waals surface area contributed by atoms with Gasteiger partial charge in [-0.2, -0.15) is 13.2 Å². The maximum absolute atomic E-state index is 12.4. The van der Waals surface area contributed by atoms with E-state index in [1.54, 1.807) is 0 Å². The zero-order valence-corrected chi connectivity index (χ0v) is 8.43. The third-order valence-electron chi connectivity index (χ3n) is 1.72. The Morgan fingerprint density at radius 3 is 2.11 bits per heavy atom. The van der Waals surface area contributed by atoms with Crippen molar-refractivity contribution in [3.8, 4) is 5.75 Å². The first-order valence-corrected chi connectivity index (χ1v) is 4.16. The fraction of sp³-hybridized carbons (Fsp3) is 0.286. The van der Waals surface area contributed by atoms with Crippen LogP contribution in [0.3, 0.4) is 0 Å². The largest absolute Gasteiger partial charge is 0.573 e. The molecule has 0 bridgehead atoms. The van der Waals surface area contributed by atoms with Crippen LogP contribution in [0.5, 0.6) is 5.75 Å². The Morgan fingerprint density at radius 2 is 1.74 bits per heavy atom. The molecule has 6 nitrogen and oxygen atoms in total. The highest BCUT2D eigenvalue weighted by molar-refractivity contribution is 5.51. The molecule has 19 heavy (non-hydrogen) atoms. The predicted molar refractivity (Wildman–Crippen MR) is 45.4 cm³/mol. The number of aromatic amines is 1. The Morgan fingerprint density at radius 1 is 1.21 bits per heavy atom. The van der Waals surface area contributed by atoms with E-state index in [4.69, 9.17) is 0 Å². The molecule has 106 valence electrons. The van der Waals surface area contributed by atoms with E-state index in [1.165, 1.54) is 4.98 Å². The monoisotopic (exact) mass is 292 g/mol. The van der Waals surface area contributed by atoms with Crippen molar-refractivity contribution in [2.45, 2.75) is 12.5 Å². The molecule has 0 aromatic carbocycles. The van der Waals surface area contributed by atoms with Crippen LogP contribution < -0.4 is 10.3 Å². The highest BCUT2D eigenvalue weighted by Crippen LogP contribution is 2.39. The van der Waals surface area contributed by atoms with Gasteiger partial charge in [0.15, 0.2) is 0 Å². The molecule has 0 atom stereocenters. The molecule has 0 spiro atoms. The van der Waals surface area contributed by atoms with Crippen molar-refractivity contribution in [3.63, 3.8) is 0 Å². The summed E-state index contributed by atoms with van der Waals surface area (Å²) < 4.78 is 76.0. The molecule has 1 aromatic heterocycles. The second-order valence-corrected chi connectivity index (χ2v) is 3.01. The lowest BCUT2D eigenvalue weighted by atomic mass is 10.2. The van der Waals surface area contributed by atoms with Gasteiger partial charge in [-0.1, -0.05) is 0 Å². The van der Waals surface area contributed by atoms with Crippen LogP contribution in [0.15, 0.2) is 11.0 Å². The van der Waals surface area contributed by atoms with Crippen LogP contribution in [-0.4, -0.2) is 16.3 Å². The van der Waals surface area contributed by atoms with Gasteiger partial charge in [-0.05, 0) is 0 Å². The summed E-state index contributed by atoms with van der Waals surface area (Å²) >= 11 is 0. The fourth-order valence-corrected chi connectivity index (χ4v) is 1.15. The van der Waals surface area contributed by atoms with Crippen molar-refractivity contribution in [1.29, 1.82) is 0 Å². The fourth-order valence-electron chi connectivity index (χ4n) is 1.15. The quantitative estimate of drug-likeness (QED) is 0.514. The maximum Gasteiger partial charge on any atom is 0.573 e. The molecule has 12 heteroatoms. The highest BCUT2D eigenvalue weighted by Gasteiger charge is 2.46. The van der Waals surface area contributed by atoms with Crippen LogP contribution in [0.1, 0.15) is 5.56 Å². The zero-order chi connectivity index (χ0) is 15.0. The second-order valence-electron chi connectivity index (χ2n) is 3.01. The average molecular weight is 292 g/mol. The van der Waals surface area contributed by atoms with E-state index < -0.39 is 40.0 Å². The third kappa shape index (κ3) is 3.35. The van der Waals surface area contributed by atoms with Crippen molar-refractivity contribution in [3.05, 3.63) is 32.2 Å². The van der Waals surface area contributed by atoms with Gasteiger partial charge in [-0.25, -0.2) is 0 Å². The Hall–Kier alpha value is -2.27. The van der Waals surface area contributed by atoms with Crippen LogP contribution in [0.25, 0.3) is 0 Å². The number of H-pyrrole nitrogens is 1. The number of nitrogens with one attached hydrogen (secondary N) is 1. The predicted octanol–water partition coefficient (Wildman–Crippen LogP) is 2.20. The van der Waals surface area contributed by atoms with Gasteiger partial charge in [-0.15, -0.1) is 13.2 Å². The first-order chi connectivity index (χ1) is 8.43. The Labute approximate surface area is 98.3 Å². The molecule has 1 heterocycles. The van der Waals surface area contributed by atoms with E-state index in [1.807, 2.05) is 0 Å². The van der Waals surface area contributed by atoms with E-state index in [0.29, 0.717) is 0 Å². The number of alkyl halides is 6. The van der Waals surface area contributed by atoms with Gasteiger partial charge in [-0.3, -0.25) is 14.9 Å². The number of nitro groups is 1. The number of hydrogen-bond donors (Lipinski definition) is 1. The van der Waals surface area contributed by atoms with Crippen LogP contribution in [-0.2, 0) is 6.18 Å². The molecule has 0 radical (unpaired) electrons. The first-order valence-electron chi connectivity index (χ1n) is 4.16. The lowest BCUT2D eigenvalue weighted by Gasteiger charge is -2.11. The summed E-state index contributed by atoms with van der Waals surface area (Å²) in [4.78, 5) is 20.8. The Balaban J connectivity index is 3.60. The summed E-state index contributed by atoms with van der Waals surface area (Å²) in [6.07, 6.45) is -10.9. The summed E-state index contributed by atoms with van der Waals surface area (Å²) in [5.74, 6) is -1.76. The minimum Gasteiger partial charge on any atom is -0.397 e. The molecule has 0 aliphatic carbocycles. The van der Waals surface area contributed by atoms with Gasteiger partial charge < -0.3 is 9.72 Å². The Bertz CT molecular complexity index is 560. The topological polar surface area (TPSA) is 85.2 Å². The zero-order valence-electron chi connectivity index (χ0n) is 8.43. The molecular weight excluding hydrogens is 290 g/mol. The van der Waals surface area contributed by atoms with Crippen LogP contribution >= 0.6 is 0 Å². The number of halogens is 6. The standard InChI is InChI=1S/C7H2F6N2O4/c8-6(9,10)3-4(15(17)18)2(1-14-5(3)16)19-7(11,12)13/h1H,(H,14,16). The van der Waals surface area contributed by atoms with Crippen molar-refractivity contribution < 1.29 is 36.0 Å². The van der Waals surface area contributed by atoms with E-state index in [0.717, 1.165) is 0 Å². The van der Waals surface area contributed by atoms with Gasteiger partial charge in [0.2, 0.25) is 11.3 Å². The molecule has 1 N–H and O–H groups in total. The van der Waals surface area contributed by atoms with Gasteiger partial charge >= 0.3 is 18.2 Å². The summed E-state index contributed by atoms with van der Waals surface area (Å²) in [5.41, 5.74) is -6.43. The number of pyridine rings is 1. The summed E-state index contributed by atoms with van der Waals surface area (Å²) in [6, 6.07) is 0. The number of nitrogens with zero attached hydrogens (tertiary/aromatic N) is 1. The lowest BCUT2D eigenvalue weighted by Crippen LogP contribution is -2.26. The van der Waals surface area contributed by atoms with Crippen molar-refractivity contribution in [2.24, 2.45) is 0 Å². The lowest BCUT2D eigenvalue weighted by molar-refractivity contribution is -0.392. The molecule has 0 fully saturated rings. The minimum absolute atomic E-state index is 0.0309. The average Bonchev–Trinajstić information content (AvgIpc) is 2.15. The smallest absolute Gasteiger partial charge is 0.397 e. The van der Waals surface area contributed by atoms with Crippen molar-refractivity contribution in [1.82, 2.24) is 4.98 Å². The third-order valence-corrected chi connectivity index (χ3v) is 1.72. The normalized spacial score (nSPS) is 12.3. The molecule has 0 saturated carbocycles. The molecule has 0 unspecified atom stereocenters. The minimum atomic E-state index is -5.51. The molecule has 1 rings (SSSR count). The van der Waals surface area contributed by atoms with Crippen molar-refractivity contribution in [2.75, 3.05) is 0 Å². The number of aromatic nitrogens is 1. The highest BCUT2D eigenvalue weighted by atomic mass is 19.4. The van der Waals surface area contributed by atoms with Crippen LogP contribution in [0.4, 0.5) is 32.0 Å². The maximum atomic E-state index is 12.4.